The van der Waals surface area contributed by atoms with Crippen LogP contribution in [0.1, 0.15) is 12.8 Å². The molecule has 2 aromatic rings. The van der Waals surface area contributed by atoms with E-state index in [1.54, 1.807) is 0 Å². The number of amides is 1. The predicted octanol–water partition coefficient (Wildman–Crippen LogP) is 0.905. The molecule has 14 heteroatoms. The number of sulfonamides is 2. The Morgan fingerprint density at radius 2 is 1.67 bits per heavy atom. The highest BCUT2D eigenvalue weighted by Crippen LogP contribution is 2.23. The van der Waals surface area contributed by atoms with Crippen molar-refractivity contribution in [2.75, 3.05) is 43.6 Å². The summed E-state index contributed by atoms with van der Waals surface area (Å²) in [6.07, 6.45) is 1.98. The van der Waals surface area contributed by atoms with Crippen LogP contribution in [0.4, 0.5) is 11.5 Å². The number of benzene rings is 1. The van der Waals surface area contributed by atoms with Gasteiger partial charge in [-0.25, -0.2) is 21.1 Å². The number of carbonyl (C=O) groups excluding carboxylic acids is 1. The van der Waals surface area contributed by atoms with Crippen LogP contribution in [0.25, 0.3) is 0 Å². The normalized spacial score (nSPS) is 15.6. The second-order valence-corrected chi connectivity index (χ2v) is 11.0. The number of rotatable bonds is 8. The van der Waals surface area contributed by atoms with Crippen molar-refractivity contribution in [2.45, 2.75) is 17.7 Å². The molecule has 12 nitrogen and oxygen atoms in total. The van der Waals surface area contributed by atoms with Gasteiger partial charge in [0.25, 0.3) is 10.0 Å². The van der Waals surface area contributed by atoms with Crippen molar-refractivity contribution in [1.29, 1.82) is 0 Å². The summed E-state index contributed by atoms with van der Waals surface area (Å²) < 4.78 is 62.2. The number of nitrogens with one attached hydrogen (secondary N) is 2. The summed E-state index contributed by atoms with van der Waals surface area (Å²) >= 11 is 0. The first kappa shape index (κ1) is 24.7. The maximum Gasteiger partial charge on any atom is 0.321 e. The number of aromatic nitrogens is 2. The number of anilines is 2. The number of ether oxygens (including phenoxy) is 2. The molecule has 2 N–H and O–H groups in total. The van der Waals surface area contributed by atoms with Gasteiger partial charge in [0.2, 0.25) is 21.8 Å². The third-order valence-corrected chi connectivity index (χ3v) is 7.71. The van der Waals surface area contributed by atoms with Gasteiger partial charge in [-0.05, 0) is 37.1 Å². The molecule has 180 valence electrons. The molecule has 33 heavy (non-hydrogen) atoms. The van der Waals surface area contributed by atoms with Crippen molar-refractivity contribution >= 4 is 37.5 Å². The van der Waals surface area contributed by atoms with Gasteiger partial charge in [0.15, 0.2) is 5.82 Å². The third-order valence-electron chi connectivity index (χ3n) is 5.04. The number of carbonyl (C=O) groups is 1. The van der Waals surface area contributed by atoms with Gasteiger partial charge in [0.05, 0.1) is 25.4 Å². The Balaban J connectivity index is 1.64. The van der Waals surface area contributed by atoms with E-state index in [9.17, 15) is 21.6 Å². The van der Waals surface area contributed by atoms with E-state index in [0.29, 0.717) is 31.6 Å². The lowest BCUT2D eigenvalue weighted by Gasteiger charge is -2.29. The summed E-state index contributed by atoms with van der Waals surface area (Å²) in [6, 6.07) is 6.88. The lowest BCUT2D eigenvalue weighted by atomic mass is 9.97. The van der Waals surface area contributed by atoms with Crippen LogP contribution in [-0.2, 0) is 24.8 Å². The highest BCUT2D eigenvalue weighted by molar-refractivity contribution is 7.92. The average Bonchev–Trinajstić information content (AvgIpc) is 2.78. The van der Waals surface area contributed by atoms with Crippen LogP contribution in [-0.4, -0.2) is 70.6 Å². The van der Waals surface area contributed by atoms with Gasteiger partial charge in [-0.2, -0.15) is 9.97 Å². The van der Waals surface area contributed by atoms with Gasteiger partial charge in [0.1, 0.15) is 0 Å². The maximum atomic E-state index is 12.7. The van der Waals surface area contributed by atoms with Crippen molar-refractivity contribution in [3.8, 4) is 11.9 Å². The van der Waals surface area contributed by atoms with Gasteiger partial charge in [0, 0.05) is 30.8 Å². The summed E-state index contributed by atoms with van der Waals surface area (Å²) in [4.78, 5) is 20.3. The molecule has 0 bridgehead atoms. The molecule has 1 aliphatic rings. The van der Waals surface area contributed by atoms with E-state index in [4.69, 9.17) is 9.47 Å². The molecule has 1 saturated heterocycles. The molecule has 2 heterocycles. The summed E-state index contributed by atoms with van der Waals surface area (Å²) in [6.45, 7) is 0.580. The van der Waals surface area contributed by atoms with E-state index in [2.05, 4.69) is 20.0 Å². The molecule has 1 aliphatic heterocycles. The predicted molar refractivity (Wildman–Crippen MR) is 120 cm³/mol. The summed E-state index contributed by atoms with van der Waals surface area (Å²) in [7, 11) is -4.52. The van der Waals surface area contributed by atoms with Crippen LogP contribution in [0.15, 0.2) is 35.2 Å². The second kappa shape index (κ2) is 9.89. The van der Waals surface area contributed by atoms with Crippen LogP contribution in [0.3, 0.4) is 0 Å². The molecule has 3 rings (SSSR count). The molecule has 1 fully saturated rings. The number of hydrogen-bond acceptors (Lipinski definition) is 9. The minimum atomic E-state index is -3.98. The average molecular weight is 500 g/mol. The molecule has 0 radical (unpaired) electrons. The van der Waals surface area contributed by atoms with Crippen LogP contribution >= 0.6 is 0 Å². The lowest BCUT2D eigenvalue weighted by molar-refractivity contribution is -0.120. The Kier molecular flexibility index (Phi) is 7.39. The molecule has 0 saturated carbocycles. The monoisotopic (exact) mass is 499 g/mol. The fourth-order valence-electron chi connectivity index (χ4n) is 3.26. The SMILES string of the molecule is COc1cc(NS(=O)(=O)c2ccc(NC(=O)C3CCN(S(C)(=O)=O)CC3)cc2)nc(OC)n1. The number of nitrogens with zero attached hydrogens (tertiary/aromatic N) is 3. The highest BCUT2D eigenvalue weighted by Gasteiger charge is 2.29. The molecule has 1 aromatic heterocycles. The van der Waals surface area contributed by atoms with Crippen molar-refractivity contribution in [3.63, 3.8) is 0 Å². The smallest absolute Gasteiger partial charge is 0.321 e. The minimum absolute atomic E-state index is 0.0310. The van der Waals surface area contributed by atoms with Crippen molar-refractivity contribution in [3.05, 3.63) is 30.3 Å². The molecular formula is C19H25N5O7S2. The standard InChI is InChI=1S/C19H25N5O7S2/c1-30-17-12-16(21-19(22-17)31-2)23-33(28,29)15-6-4-14(5-7-15)20-18(25)13-8-10-24(11-9-13)32(3,26)27/h4-7,12-13H,8-11H2,1-3H3,(H,20,25)(H,21,22,23). The molecule has 0 atom stereocenters. The molecule has 0 aliphatic carbocycles. The van der Waals surface area contributed by atoms with E-state index in [1.165, 1.54) is 48.9 Å². The number of methoxy groups -OCH3 is 2. The Labute approximate surface area is 192 Å². The van der Waals surface area contributed by atoms with Crippen molar-refractivity contribution in [2.24, 2.45) is 5.92 Å². The third kappa shape index (κ3) is 6.30. The van der Waals surface area contributed by atoms with Gasteiger partial charge in [-0.3, -0.25) is 9.52 Å². The minimum Gasteiger partial charge on any atom is -0.481 e. The van der Waals surface area contributed by atoms with Gasteiger partial charge < -0.3 is 14.8 Å². The zero-order valence-electron chi connectivity index (χ0n) is 18.3. The Morgan fingerprint density at radius 1 is 1.03 bits per heavy atom. The molecular weight excluding hydrogens is 474 g/mol. The zero-order valence-corrected chi connectivity index (χ0v) is 19.9. The Morgan fingerprint density at radius 3 is 2.21 bits per heavy atom. The summed E-state index contributed by atoms with van der Waals surface area (Å²) in [5.74, 6) is -0.468. The largest absolute Gasteiger partial charge is 0.481 e. The quantitative estimate of drug-likeness (QED) is 0.538. The number of piperidine rings is 1. The van der Waals surface area contributed by atoms with Gasteiger partial charge in [-0.1, -0.05) is 0 Å². The van der Waals surface area contributed by atoms with Crippen LogP contribution in [0.5, 0.6) is 11.9 Å². The van der Waals surface area contributed by atoms with Gasteiger partial charge >= 0.3 is 6.01 Å². The second-order valence-electron chi connectivity index (χ2n) is 7.34. The molecule has 1 aromatic carbocycles. The van der Waals surface area contributed by atoms with E-state index < -0.39 is 20.0 Å². The number of hydrogen-bond donors (Lipinski definition) is 2. The van der Waals surface area contributed by atoms with Crippen LogP contribution in [0, 0.1) is 5.92 Å². The van der Waals surface area contributed by atoms with Crippen molar-refractivity contribution in [1.82, 2.24) is 14.3 Å². The maximum absolute atomic E-state index is 12.7. The fraction of sp³-hybridized carbons (Fsp3) is 0.421. The first-order valence-electron chi connectivity index (χ1n) is 9.88. The van der Waals surface area contributed by atoms with Crippen LogP contribution in [0.2, 0.25) is 0 Å². The van der Waals surface area contributed by atoms with Crippen LogP contribution < -0.4 is 19.5 Å². The zero-order chi connectivity index (χ0) is 24.2. The molecule has 0 unspecified atom stereocenters. The van der Waals surface area contributed by atoms with E-state index in [-0.39, 0.29) is 34.4 Å². The fourth-order valence-corrected chi connectivity index (χ4v) is 5.13. The van der Waals surface area contributed by atoms with E-state index in [0.717, 1.165) is 6.26 Å². The Hall–Kier alpha value is -2.97. The summed E-state index contributed by atoms with van der Waals surface area (Å²) in [5, 5.41) is 2.75. The highest BCUT2D eigenvalue weighted by atomic mass is 32.2. The van der Waals surface area contributed by atoms with Crippen molar-refractivity contribution < 1.29 is 31.1 Å². The Bertz CT molecular complexity index is 1190. The van der Waals surface area contributed by atoms with Gasteiger partial charge in [-0.15, -0.1) is 0 Å². The first-order valence-corrected chi connectivity index (χ1v) is 13.2. The van der Waals surface area contributed by atoms with E-state index >= 15 is 0 Å². The van der Waals surface area contributed by atoms with E-state index in [1.807, 2.05) is 0 Å². The first-order chi connectivity index (χ1) is 15.5. The molecule has 1 amide bonds. The topological polar surface area (TPSA) is 157 Å². The molecule has 0 spiro atoms. The summed E-state index contributed by atoms with van der Waals surface area (Å²) in [5.41, 5.74) is 0.426. The lowest BCUT2D eigenvalue weighted by Crippen LogP contribution is -2.40.